The third kappa shape index (κ3) is 3.86. The molecule has 2 heterocycles. The number of carbonyl (C=O) groups excluding carboxylic acids is 2. The van der Waals surface area contributed by atoms with E-state index in [2.05, 4.69) is 37.1 Å². The van der Waals surface area contributed by atoms with E-state index in [1.54, 1.807) is 6.20 Å². The van der Waals surface area contributed by atoms with E-state index >= 15 is 0 Å². The van der Waals surface area contributed by atoms with Gasteiger partial charge in [0.15, 0.2) is 5.78 Å². The highest BCUT2D eigenvalue weighted by molar-refractivity contribution is 5.94. The van der Waals surface area contributed by atoms with Crippen LogP contribution in [0.15, 0.2) is 24.4 Å². The van der Waals surface area contributed by atoms with Crippen LogP contribution in [0.1, 0.15) is 52.5 Å². The van der Waals surface area contributed by atoms with Gasteiger partial charge in [-0.15, -0.1) is 0 Å². The number of hydrogen-bond donors (Lipinski definition) is 0. The molecule has 6 heteroatoms. The number of aromatic nitrogens is 2. The van der Waals surface area contributed by atoms with Crippen LogP contribution >= 0.6 is 0 Å². The Morgan fingerprint density at radius 1 is 1.10 bits per heavy atom. The first-order chi connectivity index (χ1) is 13.8. The number of benzene rings is 1. The normalized spacial score (nSPS) is 23.4. The van der Waals surface area contributed by atoms with Gasteiger partial charge in [0.2, 0.25) is 0 Å². The third-order valence-corrected chi connectivity index (χ3v) is 6.60. The van der Waals surface area contributed by atoms with Crippen molar-refractivity contribution in [3.63, 3.8) is 0 Å². The van der Waals surface area contributed by atoms with Gasteiger partial charge < -0.3 is 9.64 Å². The van der Waals surface area contributed by atoms with Crippen molar-refractivity contribution >= 4 is 11.8 Å². The molecule has 2 aliphatic rings. The number of ether oxygens (including phenoxy) is 1. The highest BCUT2D eigenvalue weighted by Gasteiger charge is 2.43. The monoisotopic (exact) mass is 395 g/mol. The minimum Gasteiger partial charge on any atom is -0.374 e. The number of Topliss-reactive ketones (excluding diaryl/α,β-unsaturated/α-hetero) is 1. The number of nitrogens with zero attached hydrogens (tertiary/aromatic N) is 3. The predicted molar refractivity (Wildman–Crippen MR) is 110 cm³/mol. The molecule has 1 saturated carbocycles. The Balaban J connectivity index is 1.33. The Morgan fingerprint density at radius 3 is 2.41 bits per heavy atom. The van der Waals surface area contributed by atoms with Crippen LogP contribution in [0, 0.1) is 32.6 Å². The molecule has 4 rings (SSSR count). The molecule has 1 aliphatic carbocycles. The summed E-state index contributed by atoms with van der Waals surface area (Å²) in [6.45, 7) is 9.69. The van der Waals surface area contributed by atoms with Crippen molar-refractivity contribution in [2.45, 2.75) is 53.2 Å². The van der Waals surface area contributed by atoms with E-state index in [9.17, 15) is 9.59 Å². The molecular weight excluding hydrogens is 366 g/mol. The fourth-order valence-corrected chi connectivity index (χ4v) is 4.76. The van der Waals surface area contributed by atoms with Gasteiger partial charge in [0.05, 0.1) is 12.7 Å². The highest BCUT2D eigenvalue weighted by Crippen LogP contribution is 2.40. The molecule has 0 radical (unpaired) electrons. The van der Waals surface area contributed by atoms with Gasteiger partial charge in [0, 0.05) is 26.2 Å². The lowest BCUT2D eigenvalue weighted by molar-refractivity contribution is 0.0380. The first-order valence-electron chi connectivity index (χ1n) is 10.4. The van der Waals surface area contributed by atoms with Crippen LogP contribution < -0.4 is 0 Å². The summed E-state index contributed by atoms with van der Waals surface area (Å²) < 4.78 is 7.55. The number of amides is 1. The van der Waals surface area contributed by atoms with E-state index in [1.165, 1.54) is 28.3 Å². The minimum absolute atomic E-state index is 0.115. The summed E-state index contributed by atoms with van der Waals surface area (Å²) in [5.74, 6) is 0.842. The summed E-state index contributed by atoms with van der Waals surface area (Å²) in [7, 11) is 0. The van der Waals surface area contributed by atoms with E-state index in [-0.39, 0.29) is 17.9 Å². The number of likely N-dealkylation sites (tertiary alicyclic amines) is 1. The molecule has 3 atom stereocenters. The molecule has 154 valence electrons. The van der Waals surface area contributed by atoms with Crippen molar-refractivity contribution in [1.29, 1.82) is 0 Å². The lowest BCUT2D eigenvalue weighted by Gasteiger charge is -2.19. The van der Waals surface area contributed by atoms with E-state index in [1.807, 2.05) is 11.8 Å². The van der Waals surface area contributed by atoms with Gasteiger partial charge in [-0.05, 0) is 67.7 Å². The minimum atomic E-state index is -0.136. The smallest absolute Gasteiger partial charge is 0.344 e. The maximum absolute atomic E-state index is 12.8. The second-order valence-electron chi connectivity index (χ2n) is 8.63. The highest BCUT2D eigenvalue weighted by atomic mass is 16.5. The molecule has 0 spiro atoms. The summed E-state index contributed by atoms with van der Waals surface area (Å²) in [5.41, 5.74) is 4.98. The summed E-state index contributed by atoms with van der Waals surface area (Å²) in [5, 5.41) is 4.19. The standard InChI is InChI=1S/C23H29N3O3/c1-14-6-5-7-18(16(14)3)13-29-21-8-19-11-25(12-20(19)9-21)23(28)26-10-15(2)22(24-26)17(4)27/h5-7,10,19-21H,8-9,11-13H2,1-4H3/t19-,20+,21+. The summed E-state index contributed by atoms with van der Waals surface area (Å²) >= 11 is 0. The quantitative estimate of drug-likeness (QED) is 0.737. The van der Waals surface area contributed by atoms with Crippen LogP contribution in [-0.2, 0) is 11.3 Å². The maximum atomic E-state index is 12.8. The van der Waals surface area contributed by atoms with E-state index in [0.717, 1.165) is 31.5 Å². The zero-order valence-corrected chi connectivity index (χ0v) is 17.6. The van der Waals surface area contributed by atoms with Gasteiger partial charge in [0.25, 0.3) is 0 Å². The van der Waals surface area contributed by atoms with Crippen LogP contribution in [0.4, 0.5) is 4.79 Å². The summed E-state index contributed by atoms with van der Waals surface area (Å²) in [4.78, 5) is 26.3. The predicted octanol–water partition coefficient (Wildman–Crippen LogP) is 3.91. The largest absolute Gasteiger partial charge is 0.374 e. The van der Waals surface area contributed by atoms with Crippen molar-refractivity contribution in [1.82, 2.24) is 14.7 Å². The van der Waals surface area contributed by atoms with Crippen LogP contribution in [0.25, 0.3) is 0 Å². The Morgan fingerprint density at radius 2 is 1.79 bits per heavy atom. The number of aryl methyl sites for hydroxylation is 2. The van der Waals surface area contributed by atoms with E-state index < -0.39 is 0 Å². The lowest BCUT2D eigenvalue weighted by atomic mass is 10.0. The summed E-state index contributed by atoms with van der Waals surface area (Å²) in [6.07, 6.45) is 3.91. The van der Waals surface area contributed by atoms with E-state index in [4.69, 9.17) is 4.74 Å². The number of hydrogen-bond acceptors (Lipinski definition) is 4. The molecule has 1 amide bonds. The van der Waals surface area contributed by atoms with Crippen molar-refractivity contribution < 1.29 is 14.3 Å². The molecule has 0 unspecified atom stereocenters. The molecule has 0 N–H and O–H groups in total. The number of ketones is 1. The van der Waals surface area contributed by atoms with Crippen LogP contribution in [-0.4, -0.2) is 45.7 Å². The Hall–Kier alpha value is -2.47. The fourth-order valence-electron chi connectivity index (χ4n) is 4.76. The van der Waals surface area contributed by atoms with Gasteiger partial charge in [0.1, 0.15) is 5.69 Å². The molecule has 0 bridgehead atoms. The van der Waals surface area contributed by atoms with Gasteiger partial charge in [-0.2, -0.15) is 9.78 Å². The van der Waals surface area contributed by atoms with Crippen molar-refractivity contribution in [2.24, 2.45) is 11.8 Å². The molecule has 2 fully saturated rings. The van der Waals surface area contributed by atoms with Crippen LogP contribution in [0.5, 0.6) is 0 Å². The maximum Gasteiger partial charge on any atom is 0.344 e. The molecule has 2 aromatic rings. The van der Waals surface area contributed by atoms with Gasteiger partial charge in [-0.1, -0.05) is 18.2 Å². The van der Waals surface area contributed by atoms with Gasteiger partial charge in [-0.3, -0.25) is 4.79 Å². The number of rotatable bonds is 4. The molecule has 6 nitrogen and oxygen atoms in total. The third-order valence-electron chi connectivity index (χ3n) is 6.60. The lowest BCUT2D eigenvalue weighted by Crippen LogP contribution is -2.34. The molecular formula is C23H29N3O3. The SMILES string of the molecule is CC(=O)c1nn(C(=O)N2C[C@H]3C[C@H](OCc4cccc(C)c4C)C[C@H]3C2)cc1C. The second kappa shape index (κ2) is 7.75. The second-order valence-corrected chi connectivity index (χ2v) is 8.63. The molecule has 1 saturated heterocycles. The number of carbonyl (C=O) groups is 2. The summed E-state index contributed by atoms with van der Waals surface area (Å²) in [6, 6.07) is 6.22. The Bertz CT molecular complexity index is 935. The van der Waals surface area contributed by atoms with Crippen molar-refractivity contribution in [3.05, 3.63) is 52.3 Å². The Labute approximate surface area is 171 Å². The topological polar surface area (TPSA) is 64.4 Å². The molecule has 29 heavy (non-hydrogen) atoms. The first kappa shape index (κ1) is 19.8. The van der Waals surface area contributed by atoms with E-state index in [0.29, 0.717) is 24.1 Å². The molecule has 1 aliphatic heterocycles. The van der Waals surface area contributed by atoms with Crippen LogP contribution in [0.3, 0.4) is 0 Å². The fraction of sp³-hybridized carbons (Fsp3) is 0.522. The molecule has 1 aromatic heterocycles. The molecule has 1 aromatic carbocycles. The van der Waals surface area contributed by atoms with Crippen molar-refractivity contribution in [2.75, 3.05) is 13.1 Å². The average molecular weight is 396 g/mol. The Kier molecular flexibility index (Phi) is 5.30. The first-order valence-corrected chi connectivity index (χ1v) is 10.4. The van der Waals surface area contributed by atoms with Crippen LogP contribution in [0.2, 0.25) is 0 Å². The average Bonchev–Trinajstić information content (AvgIpc) is 3.35. The zero-order valence-electron chi connectivity index (χ0n) is 17.6. The van der Waals surface area contributed by atoms with Crippen molar-refractivity contribution in [3.8, 4) is 0 Å². The number of fused-ring (bicyclic) bond motifs is 1. The van der Waals surface area contributed by atoms with Gasteiger partial charge in [-0.25, -0.2) is 4.79 Å². The van der Waals surface area contributed by atoms with Gasteiger partial charge >= 0.3 is 6.03 Å². The zero-order chi connectivity index (χ0) is 20.7.